The molecule has 0 saturated heterocycles. The fourth-order valence-corrected chi connectivity index (χ4v) is 1.47. The molecule has 0 bridgehead atoms. The average Bonchev–Trinajstić information content (AvgIpc) is 2.20. The highest BCUT2D eigenvalue weighted by molar-refractivity contribution is 9.09. The van der Waals surface area contributed by atoms with Gasteiger partial charge in [-0.2, -0.15) is 10.5 Å². The number of alkyl halides is 2. The van der Waals surface area contributed by atoms with Crippen molar-refractivity contribution in [2.75, 3.05) is 5.33 Å². The van der Waals surface area contributed by atoms with Crippen molar-refractivity contribution in [1.29, 1.82) is 10.5 Å². The zero-order valence-electron chi connectivity index (χ0n) is 8.47. The van der Waals surface area contributed by atoms with Crippen LogP contribution in [0.1, 0.15) is 39.0 Å². The van der Waals surface area contributed by atoms with Crippen LogP contribution in [0.25, 0.3) is 0 Å². The van der Waals surface area contributed by atoms with Crippen LogP contribution in [0.15, 0.2) is 0 Å². The Morgan fingerprint density at radius 2 is 1.93 bits per heavy atom. The van der Waals surface area contributed by atoms with Crippen LogP contribution in [0.5, 0.6) is 0 Å². The number of nitriles is 2. The van der Waals surface area contributed by atoms with E-state index in [1.807, 2.05) is 0 Å². The van der Waals surface area contributed by atoms with Crippen LogP contribution in [-0.4, -0.2) is 10.2 Å². The molecule has 0 amide bonds. The van der Waals surface area contributed by atoms with Crippen LogP contribution in [0.2, 0.25) is 0 Å². The highest BCUT2D eigenvalue weighted by atomic mass is 79.9. The molecule has 0 aromatic rings. The summed E-state index contributed by atoms with van der Waals surface area (Å²) in [6.45, 7) is 2.06. The summed E-state index contributed by atoms with van der Waals surface area (Å²) in [5.74, 6) is 0. The fraction of sp³-hybridized carbons (Fsp3) is 0.800. The zero-order valence-corrected chi connectivity index (χ0v) is 11.6. The molecule has 0 saturated carbocycles. The van der Waals surface area contributed by atoms with Gasteiger partial charge in [0, 0.05) is 11.8 Å². The minimum atomic E-state index is 0.0671. The molecule has 0 fully saturated rings. The lowest BCUT2D eigenvalue weighted by atomic mass is 10.3. The normalized spacial score (nSPS) is 10.4. The van der Waals surface area contributed by atoms with Gasteiger partial charge in [-0.05, 0) is 19.3 Å². The lowest BCUT2D eigenvalue weighted by Crippen LogP contribution is -1.88. The van der Waals surface area contributed by atoms with Gasteiger partial charge in [-0.3, -0.25) is 0 Å². The highest BCUT2D eigenvalue weighted by Gasteiger charge is 1.95. The first-order chi connectivity index (χ1) is 6.72. The zero-order chi connectivity index (χ0) is 11.2. The third kappa shape index (κ3) is 17.9. The van der Waals surface area contributed by atoms with E-state index >= 15 is 0 Å². The Balaban J connectivity index is 0. The van der Waals surface area contributed by atoms with E-state index in [4.69, 9.17) is 10.5 Å². The predicted octanol–water partition coefficient (Wildman–Crippen LogP) is 4.15. The Labute approximate surface area is 104 Å². The third-order valence-electron chi connectivity index (χ3n) is 1.35. The van der Waals surface area contributed by atoms with E-state index in [1.54, 1.807) is 0 Å². The van der Waals surface area contributed by atoms with Crippen LogP contribution in [0.3, 0.4) is 0 Å². The molecule has 80 valence electrons. The van der Waals surface area contributed by atoms with Crippen molar-refractivity contribution in [1.82, 2.24) is 0 Å². The number of hydrogen-bond acceptors (Lipinski definition) is 2. The smallest absolute Gasteiger partial charge is 0.101 e. The van der Waals surface area contributed by atoms with Crippen LogP contribution in [0, 0.1) is 22.7 Å². The van der Waals surface area contributed by atoms with Gasteiger partial charge in [-0.1, -0.05) is 45.2 Å². The van der Waals surface area contributed by atoms with Crippen LogP contribution < -0.4 is 0 Å². The second-order valence-electron chi connectivity index (χ2n) is 2.69. The molecule has 0 aliphatic carbocycles. The van der Waals surface area contributed by atoms with Gasteiger partial charge in [-0.25, -0.2) is 0 Å². The number of unbranched alkanes of at least 4 members (excludes halogenated alkanes) is 2. The van der Waals surface area contributed by atoms with Gasteiger partial charge >= 0.3 is 0 Å². The lowest BCUT2D eigenvalue weighted by molar-refractivity contribution is 0.834. The molecule has 2 nitrogen and oxygen atoms in total. The molecule has 4 heteroatoms. The van der Waals surface area contributed by atoms with E-state index in [1.165, 1.54) is 0 Å². The highest BCUT2D eigenvalue weighted by Crippen LogP contribution is 2.04. The Bertz CT molecular complexity index is 182. The quantitative estimate of drug-likeness (QED) is 0.563. The van der Waals surface area contributed by atoms with Gasteiger partial charge in [0.2, 0.25) is 0 Å². The molecule has 1 unspecified atom stereocenters. The Hall–Kier alpha value is -0.0600. The number of halogens is 2. The Kier molecular flexibility index (Phi) is 18.0. The summed E-state index contributed by atoms with van der Waals surface area (Å²) < 4.78 is 0. The van der Waals surface area contributed by atoms with Crippen molar-refractivity contribution >= 4 is 31.9 Å². The van der Waals surface area contributed by atoms with E-state index in [9.17, 15) is 0 Å². The van der Waals surface area contributed by atoms with Gasteiger partial charge in [0.25, 0.3) is 0 Å². The topological polar surface area (TPSA) is 47.6 Å². The molecule has 0 N–H and O–H groups in total. The molecule has 0 spiro atoms. The van der Waals surface area contributed by atoms with Gasteiger partial charge in [0.05, 0.1) is 12.1 Å². The second-order valence-corrected chi connectivity index (χ2v) is 4.59. The molecule has 0 aromatic carbocycles. The van der Waals surface area contributed by atoms with E-state index in [-0.39, 0.29) is 4.83 Å². The summed E-state index contributed by atoms with van der Waals surface area (Å²) >= 11 is 6.45. The van der Waals surface area contributed by atoms with E-state index in [2.05, 4.69) is 50.9 Å². The molecule has 0 aliphatic heterocycles. The van der Waals surface area contributed by atoms with Crippen molar-refractivity contribution in [3.05, 3.63) is 0 Å². The molecule has 1 atom stereocenters. The first kappa shape index (κ1) is 16.4. The second kappa shape index (κ2) is 15.4. The summed E-state index contributed by atoms with van der Waals surface area (Å²) in [6.07, 6.45) is 4.88. The average molecular weight is 324 g/mol. The van der Waals surface area contributed by atoms with Crippen molar-refractivity contribution in [2.24, 2.45) is 0 Å². The van der Waals surface area contributed by atoms with Gasteiger partial charge in [0.1, 0.15) is 4.83 Å². The summed E-state index contributed by atoms with van der Waals surface area (Å²) in [6, 6.07) is 4.16. The molecular weight excluding hydrogens is 308 g/mol. The van der Waals surface area contributed by atoms with E-state index < -0.39 is 0 Å². The van der Waals surface area contributed by atoms with Crippen molar-refractivity contribution in [3.63, 3.8) is 0 Å². The summed E-state index contributed by atoms with van der Waals surface area (Å²) in [5, 5.41) is 17.2. The molecule has 0 aromatic heterocycles. The van der Waals surface area contributed by atoms with Crippen molar-refractivity contribution in [2.45, 2.75) is 43.9 Å². The SMILES string of the molecule is CCCC(Br)C#N.N#CCCCCBr. The van der Waals surface area contributed by atoms with Gasteiger partial charge in [0.15, 0.2) is 0 Å². The summed E-state index contributed by atoms with van der Waals surface area (Å²) in [4.78, 5) is 0.0671. The first-order valence-electron chi connectivity index (χ1n) is 4.69. The molecule has 0 aliphatic rings. The van der Waals surface area contributed by atoms with Crippen molar-refractivity contribution < 1.29 is 0 Å². The minimum absolute atomic E-state index is 0.0671. The molecule has 0 radical (unpaired) electrons. The number of rotatable bonds is 5. The van der Waals surface area contributed by atoms with Crippen molar-refractivity contribution in [3.8, 4) is 12.1 Å². The Morgan fingerprint density at radius 1 is 1.29 bits per heavy atom. The fourth-order valence-electron chi connectivity index (χ4n) is 0.617. The van der Waals surface area contributed by atoms with E-state index in [0.29, 0.717) is 6.42 Å². The number of nitrogens with zero attached hydrogens (tertiary/aromatic N) is 2. The maximum atomic E-state index is 8.17. The third-order valence-corrected chi connectivity index (χ3v) is 2.58. The largest absolute Gasteiger partial charge is 0.198 e. The lowest BCUT2D eigenvalue weighted by Gasteiger charge is -1.90. The van der Waals surface area contributed by atoms with Crippen LogP contribution >= 0.6 is 31.9 Å². The molecule has 14 heavy (non-hydrogen) atoms. The standard InChI is InChI=1S/2C5H8BrN/c1-2-3-5(6)4-7;6-4-2-1-3-5-7/h5H,2-3H2,1H3;1-4H2. The van der Waals surface area contributed by atoms with E-state index in [0.717, 1.165) is 31.0 Å². The summed E-state index contributed by atoms with van der Waals surface area (Å²) in [5.41, 5.74) is 0. The molecular formula is C10H16Br2N2. The first-order valence-corrected chi connectivity index (χ1v) is 6.73. The predicted molar refractivity (Wildman–Crippen MR) is 66.5 cm³/mol. The van der Waals surface area contributed by atoms with Crippen LogP contribution in [-0.2, 0) is 0 Å². The monoisotopic (exact) mass is 322 g/mol. The maximum Gasteiger partial charge on any atom is 0.101 e. The molecule has 0 heterocycles. The van der Waals surface area contributed by atoms with Gasteiger partial charge in [-0.15, -0.1) is 0 Å². The van der Waals surface area contributed by atoms with Crippen LogP contribution in [0.4, 0.5) is 0 Å². The summed E-state index contributed by atoms with van der Waals surface area (Å²) in [7, 11) is 0. The maximum absolute atomic E-state index is 8.17. The molecule has 0 rings (SSSR count). The van der Waals surface area contributed by atoms with Gasteiger partial charge < -0.3 is 0 Å². The number of hydrogen-bond donors (Lipinski definition) is 0. The minimum Gasteiger partial charge on any atom is -0.198 e. The Morgan fingerprint density at radius 3 is 2.21 bits per heavy atom.